The Labute approximate surface area is 130 Å². The molecule has 2 aromatic rings. The van der Waals surface area contributed by atoms with Gasteiger partial charge in [-0.1, -0.05) is 6.07 Å². The van der Waals surface area contributed by atoms with Crippen LogP contribution in [0, 0.1) is 24.4 Å². The minimum atomic E-state index is -1.40. The van der Waals surface area contributed by atoms with Crippen LogP contribution in [0.3, 0.4) is 0 Å². The quantitative estimate of drug-likeness (QED) is 0.856. The Kier molecular flexibility index (Phi) is 3.75. The molecular formula is C17H14F3NO2. The molecular weight excluding hydrogens is 307 g/mol. The van der Waals surface area contributed by atoms with Crippen molar-refractivity contribution in [1.29, 1.82) is 0 Å². The summed E-state index contributed by atoms with van der Waals surface area (Å²) < 4.78 is 42.4. The van der Waals surface area contributed by atoms with E-state index >= 15 is 0 Å². The van der Waals surface area contributed by atoms with E-state index in [9.17, 15) is 23.1 Å². The van der Waals surface area contributed by atoms with Gasteiger partial charge in [-0.3, -0.25) is 0 Å². The van der Waals surface area contributed by atoms with Gasteiger partial charge in [0.25, 0.3) is 0 Å². The van der Waals surface area contributed by atoms with Crippen LogP contribution in [0.2, 0.25) is 0 Å². The van der Waals surface area contributed by atoms with Gasteiger partial charge in [-0.15, -0.1) is 0 Å². The minimum Gasteiger partial charge on any atom is -0.478 e. The predicted octanol–water partition coefficient (Wildman–Crippen LogP) is 4.73. The summed E-state index contributed by atoms with van der Waals surface area (Å²) in [4.78, 5) is 11.4. The molecule has 0 aliphatic heterocycles. The van der Waals surface area contributed by atoms with E-state index in [1.807, 2.05) is 0 Å². The molecule has 0 saturated heterocycles. The third-order valence-corrected chi connectivity index (χ3v) is 3.87. The molecule has 2 aromatic carbocycles. The summed E-state index contributed by atoms with van der Waals surface area (Å²) in [6, 6.07) is 5.28. The fraction of sp³-hybridized carbons (Fsp3) is 0.235. The zero-order chi connectivity index (χ0) is 16.7. The van der Waals surface area contributed by atoms with Crippen LogP contribution in [-0.4, -0.2) is 11.1 Å². The normalized spacial score (nSPS) is 13.9. The number of aryl methyl sites for hydroxylation is 1. The number of hydrogen-bond acceptors (Lipinski definition) is 2. The SMILES string of the molecule is Cc1ccc(Nc2c(C(=O)O)cc(C3CC3)c(F)c2F)c(F)c1. The Morgan fingerprint density at radius 3 is 2.43 bits per heavy atom. The summed E-state index contributed by atoms with van der Waals surface area (Å²) in [6.45, 7) is 1.68. The fourth-order valence-corrected chi connectivity index (χ4v) is 2.48. The van der Waals surface area contributed by atoms with Crippen LogP contribution in [-0.2, 0) is 0 Å². The molecule has 0 radical (unpaired) electrons. The first-order valence-electron chi connectivity index (χ1n) is 7.17. The van der Waals surface area contributed by atoms with Crippen molar-refractivity contribution in [2.75, 3.05) is 5.32 Å². The lowest BCUT2D eigenvalue weighted by Crippen LogP contribution is -2.10. The molecule has 23 heavy (non-hydrogen) atoms. The van der Waals surface area contributed by atoms with Crippen LogP contribution in [0.4, 0.5) is 24.5 Å². The highest BCUT2D eigenvalue weighted by molar-refractivity contribution is 5.95. The van der Waals surface area contributed by atoms with E-state index in [2.05, 4.69) is 5.32 Å². The summed E-state index contributed by atoms with van der Waals surface area (Å²) in [6.07, 6.45) is 1.41. The highest BCUT2D eigenvalue weighted by atomic mass is 19.2. The lowest BCUT2D eigenvalue weighted by Gasteiger charge is -2.14. The lowest BCUT2D eigenvalue weighted by atomic mass is 10.0. The fourth-order valence-electron chi connectivity index (χ4n) is 2.48. The van der Waals surface area contributed by atoms with E-state index in [-0.39, 0.29) is 17.2 Å². The molecule has 3 nitrogen and oxygen atoms in total. The summed E-state index contributed by atoms with van der Waals surface area (Å²) in [5.41, 5.74) is -0.374. The molecule has 0 atom stereocenters. The van der Waals surface area contributed by atoms with E-state index in [4.69, 9.17) is 0 Å². The summed E-state index contributed by atoms with van der Waals surface area (Å²) in [5, 5.41) is 11.7. The van der Waals surface area contributed by atoms with Gasteiger partial charge in [-0.05, 0) is 55.0 Å². The Hall–Kier alpha value is -2.50. The molecule has 0 unspecified atom stereocenters. The summed E-state index contributed by atoms with van der Waals surface area (Å²) in [7, 11) is 0. The third kappa shape index (κ3) is 2.88. The van der Waals surface area contributed by atoms with Crippen LogP contribution in [0.15, 0.2) is 24.3 Å². The number of aromatic carboxylic acids is 1. The van der Waals surface area contributed by atoms with Gasteiger partial charge < -0.3 is 10.4 Å². The van der Waals surface area contributed by atoms with Crippen LogP contribution >= 0.6 is 0 Å². The van der Waals surface area contributed by atoms with E-state index in [1.165, 1.54) is 12.1 Å². The largest absolute Gasteiger partial charge is 0.478 e. The second-order valence-electron chi connectivity index (χ2n) is 5.70. The average Bonchev–Trinajstić information content (AvgIpc) is 3.31. The monoisotopic (exact) mass is 321 g/mol. The Morgan fingerprint density at radius 1 is 1.17 bits per heavy atom. The first-order valence-corrected chi connectivity index (χ1v) is 7.17. The standard InChI is InChI=1S/C17H14F3NO2/c1-8-2-5-13(12(18)6-8)21-16-11(17(22)23)7-10(9-3-4-9)14(19)15(16)20/h2,5-7,9,21H,3-4H2,1H3,(H,22,23). The van der Waals surface area contributed by atoms with Crippen LogP contribution < -0.4 is 5.32 Å². The molecule has 6 heteroatoms. The molecule has 3 rings (SSSR count). The third-order valence-electron chi connectivity index (χ3n) is 3.87. The molecule has 0 bridgehead atoms. The van der Waals surface area contributed by atoms with Crippen molar-refractivity contribution >= 4 is 17.3 Å². The zero-order valence-corrected chi connectivity index (χ0v) is 12.3. The number of benzene rings is 2. The van der Waals surface area contributed by atoms with Gasteiger partial charge in [0.1, 0.15) is 5.82 Å². The average molecular weight is 321 g/mol. The molecule has 0 heterocycles. The smallest absolute Gasteiger partial charge is 0.337 e. The van der Waals surface area contributed by atoms with Gasteiger partial charge in [-0.2, -0.15) is 0 Å². The number of carboxylic acid groups (broad SMARTS) is 1. The topological polar surface area (TPSA) is 49.3 Å². The van der Waals surface area contributed by atoms with Gasteiger partial charge >= 0.3 is 5.97 Å². The zero-order valence-electron chi connectivity index (χ0n) is 12.3. The van der Waals surface area contributed by atoms with Crippen molar-refractivity contribution < 1.29 is 23.1 Å². The van der Waals surface area contributed by atoms with Crippen molar-refractivity contribution in [1.82, 2.24) is 0 Å². The van der Waals surface area contributed by atoms with E-state index in [1.54, 1.807) is 13.0 Å². The lowest BCUT2D eigenvalue weighted by molar-refractivity contribution is 0.0697. The molecule has 0 aromatic heterocycles. The summed E-state index contributed by atoms with van der Waals surface area (Å²) in [5.74, 6) is -4.60. The van der Waals surface area contributed by atoms with Gasteiger partial charge in [0.2, 0.25) is 0 Å². The molecule has 1 aliphatic rings. The first kappa shape index (κ1) is 15.4. The molecule has 1 aliphatic carbocycles. The van der Waals surface area contributed by atoms with E-state index < -0.39 is 34.7 Å². The molecule has 1 saturated carbocycles. The van der Waals surface area contributed by atoms with Crippen LogP contribution in [0.1, 0.15) is 40.2 Å². The first-order chi connectivity index (χ1) is 10.9. The number of nitrogens with one attached hydrogen (secondary N) is 1. The maximum absolute atomic E-state index is 14.3. The van der Waals surface area contributed by atoms with E-state index in [0.29, 0.717) is 18.4 Å². The Morgan fingerprint density at radius 2 is 1.87 bits per heavy atom. The van der Waals surface area contributed by atoms with Crippen LogP contribution in [0.25, 0.3) is 0 Å². The number of carbonyl (C=O) groups is 1. The van der Waals surface area contributed by atoms with Crippen molar-refractivity contribution in [3.63, 3.8) is 0 Å². The maximum atomic E-state index is 14.3. The number of anilines is 2. The molecule has 120 valence electrons. The number of rotatable bonds is 4. The van der Waals surface area contributed by atoms with Crippen LogP contribution in [0.5, 0.6) is 0 Å². The molecule has 2 N–H and O–H groups in total. The Bertz CT molecular complexity index is 801. The van der Waals surface area contributed by atoms with E-state index in [0.717, 1.165) is 6.07 Å². The molecule has 1 fully saturated rings. The number of hydrogen-bond donors (Lipinski definition) is 2. The Balaban J connectivity index is 2.10. The highest BCUT2D eigenvalue weighted by Gasteiger charge is 2.32. The van der Waals surface area contributed by atoms with Gasteiger partial charge in [0.05, 0.1) is 16.9 Å². The maximum Gasteiger partial charge on any atom is 0.337 e. The summed E-state index contributed by atoms with van der Waals surface area (Å²) >= 11 is 0. The number of halogens is 3. The molecule has 0 spiro atoms. The van der Waals surface area contributed by atoms with Gasteiger partial charge in [0.15, 0.2) is 11.6 Å². The van der Waals surface area contributed by atoms with Crippen molar-refractivity contribution in [3.05, 3.63) is 58.4 Å². The van der Waals surface area contributed by atoms with Gasteiger partial charge in [0, 0.05) is 0 Å². The number of carboxylic acids is 1. The second-order valence-corrected chi connectivity index (χ2v) is 5.70. The van der Waals surface area contributed by atoms with Crippen molar-refractivity contribution in [2.24, 2.45) is 0 Å². The van der Waals surface area contributed by atoms with Crippen molar-refractivity contribution in [2.45, 2.75) is 25.7 Å². The second kappa shape index (κ2) is 5.61. The highest BCUT2D eigenvalue weighted by Crippen LogP contribution is 2.44. The van der Waals surface area contributed by atoms with Gasteiger partial charge in [-0.25, -0.2) is 18.0 Å². The molecule has 0 amide bonds. The minimum absolute atomic E-state index is 0.0647. The van der Waals surface area contributed by atoms with Crippen molar-refractivity contribution in [3.8, 4) is 0 Å². The predicted molar refractivity (Wildman–Crippen MR) is 79.7 cm³/mol.